The lowest BCUT2D eigenvalue weighted by Crippen LogP contribution is -2.39. The molecule has 0 aliphatic rings. The lowest BCUT2D eigenvalue weighted by molar-refractivity contribution is -0.123. The Labute approximate surface area is 115 Å². The molecule has 0 saturated heterocycles. The first kappa shape index (κ1) is 15.6. The van der Waals surface area contributed by atoms with Crippen molar-refractivity contribution < 1.29 is 4.79 Å². The van der Waals surface area contributed by atoms with Crippen LogP contribution in [0.15, 0.2) is 24.5 Å². The van der Waals surface area contributed by atoms with Crippen molar-refractivity contribution in [3.63, 3.8) is 0 Å². The molecule has 1 heterocycles. The van der Waals surface area contributed by atoms with Crippen LogP contribution in [0.5, 0.6) is 0 Å². The first-order valence-corrected chi connectivity index (χ1v) is 6.64. The third-order valence-corrected chi connectivity index (χ3v) is 3.38. The Balaban J connectivity index is 2.55. The van der Waals surface area contributed by atoms with Gasteiger partial charge in [0.2, 0.25) is 5.91 Å². The molecule has 0 unspecified atom stereocenters. The summed E-state index contributed by atoms with van der Waals surface area (Å²) in [5, 5.41) is 3.00. The number of pyridine rings is 1. The molecule has 106 valence electrons. The maximum Gasteiger partial charge on any atom is 0.220 e. The van der Waals surface area contributed by atoms with Gasteiger partial charge in [-0.3, -0.25) is 9.78 Å². The van der Waals surface area contributed by atoms with Gasteiger partial charge in [-0.25, -0.2) is 0 Å². The molecular formula is C15H25N3O. The smallest absolute Gasteiger partial charge is 0.220 e. The van der Waals surface area contributed by atoms with Crippen LogP contribution in [0.3, 0.4) is 0 Å². The topological polar surface area (TPSA) is 68.0 Å². The van der Waals surface area contributed by atoms with Crippen LogP contribution in [0.25, 0.3) is 0 Å². The van der Waals surface area contributed by atoms with E-state index >= 15 is 0 Å². The maximum atomic E-state index is 11.9. The summed E-state index contributed by atoms with van der Waals surface area (Å²) in [7, 11) is 0. The molecular weight excluding hydrogens is 238 g/mol. The Bertz CT molecular complexity index is 413. The zero-order valence-corrected chi connectivity index (χ0v) is 12.4. The minimum Gasteiger partial charge on any atom is -0.355 e. The Morgan fingerprint density at radius 1 is 1.26 bits per heavy atom. The average Bonchev–Trinajstić information content (AvgIpc) is 2.37. The average molecular weight is 263 g/mol. The number of aromatic nitrogens is 1. The summed E-state index contributed by atoms with van der Waals surface area (Å²) in [4.78, 5) is 15.9. The first-order chi connectivity index (χ1) is 8.77. The van der Waals surface area contributed by atoms with Crippen LogP contribution in [-0.2, 0) is 10.2 Å². The molecule has 1 rings (SSSR count). The lowest BCUT2D eigenvalue weighted by Gasteiger charge is -2.27. The van der Waals surface area contributed by atoms with Crippen molar-refractivity contribution in [2.45, 2.75) is 39.5 Å². The zero-order valence-electron chi connectivity index (χ0n) is 12.4. The molecule has 1 aromatic rings. The molecule has 3 N–H and O–H groups in total. The molecule has 0 spiro atoms. The van der Waals surface area contributed by atoms with Gasteiger partial charge in [-0.1, -0.05) is 27.7 Å². The second-order valence-corrected chi connectivity index (χ2v) is 6.44. The zero-order chi connectivity index (χ0) is 14.5. The molecule has 4 nitrogen and oxygen atoms in total. The fourth-order valence-corrected chi connectivity index (χ4v) is 1.79. The number of amides is 1. The SMILES string of the molecule is CC(C)(CN)CC(=O)NCC(C)(C)c1ccncc1. The highest BCUT2D eigenvalue weighted by molar-refractivity contribution is 5.76. The highest BCUT2D eigenvalue weighted by Gasteiger charge is 2.24. The van der Waals surface area contributed by atoms with Crippen molar-refractivity contribution in [1.29, 1.82) is 0 Å². The van der Waals surface area contributed by atoms with E-state index < -0.39 is 0 Å². The predicted molar refractivity (Wildman–Crippen MR) is 77.7 cm³/mol. The van der Waals surface area contributed by atoms with E-state index in [-0.39, 0.29) is 16.7 Å². The summed E-state index contributed by atoms with van der Waals surface area (Å²) in [5.74, 6) is 0.0533. The summed E-state index contributed by atoms with van der Waals surface area (Å²) in [6, 6.07) is 3.96. The minimum atomic E-state index is -0.148. The van der Waals surface area contributed by atoms with E-state index in [2.05, 4.69) is 24.1 Å². The van der Waals surface area contributed by atoms with Gasteiger partial charge in [-0.15, -0.1) is 0 Å². The first-order valence-electron chi connectivity index (χ1n) is 6.64. The summed E-state index contributed by atoms with van der Waals surface area (Å²) in [6.07, 6.45) is 4.00. The van der Waals surface area contributed by atoms with Gasteiger partial charge in [0.1, 0.15) is 0 Å². The van der Waals surface area contributed by atoms with Gasteiger partial charge in [0.15, 0.2) is 0 Å². The highest BCUT2D eigenvalue weighted by Crippen LogP contribution is 2.22. The number of hydrogen-bond donors (Lipinski definition) is 2. The van der Waals surface area contributed by atoms with Crippen LogP contribution in [0.2, 0.25) is 0 Å². The Morgan fingerprint density at radius 3 is 2.37 bits per heavy atom. The van der Waals surface area contributed by atoms with Crippen LogP contribution in [0.1, 0.15) is 39.7 Å². The number of carbonyl (C=O) groups is 1. The van der Waals surface area contributed by atoms with E-state index in [1.807, 2.05) is 26.0 Å². The van der Waals surface area contributed by atoms with Crippen LogP contribution in [0, 0.1) is 5.41 Å². The fraction of sp³-hybridized carbons (Fsp3) is 0.600. The van der Waals surface area contributed by atoms with Crippen molar-refractivity contribution in [1.82, 2.24) is 10.3 Å². The largest absolute Gasteiger partial charge is 0.355 e. The summed E-state index contributed by atoms with van der Waals surface area (Å²) >= 11 is 0. The molecule has 1 amide bonds. The molecule has 0 bridgehead atoms. The molecule has 0 fully saturated rings. The number of nitrogens with one attached hydrogen (secondary N) is 1. The summed E-state index contributed by atoms with van der Waals surface area (Å²) < 4.78 is 0. The van der Waals surface area contributed by atoms with Gasteiger partial charge in [0.25, 0.3) is 0 Å². The Morgan fingerprint density at radius 2 is 1.84 bits per heavy atom. The van der Waals surface area contributed by atoms with Gasteiger partial charge < -0.3 is 11.1 Å². The molecule has 0 radical (unpaired) electrons. The molecule has 1 aromatic heterocycles. The summed E-state index contributed by atoms with van der Waals surface area (Å²) in [6.45, 7) is 9.33. The Kier molecular flexibility index (Phi) is 5.06. The fourth-order valence-electron chi connectivity index (χ4n) is 1.79. The highest BCUT2D eigenvalue weighted by atomic mass is 16.1. The second kappa shape index (κ2) is 6.15. The second-order valence-electron chi connectivity index (χ2n) is 6.44. The van der Waals surface area contributed by atoms with Gasteiger partial charge >= 0.3 is 0 Å². The third kappa shape index (κ3) is 4.99. The normalized spacial score (nSPS) is 12.3. The van der Waals surface area contributed by atoms with Crippen LogP contribution in [-0.4, -0.2) is 24.0 Å². The van der Waals surface area contributed by atoms with Gasteiger partial charge in [0.05, 0.1) is 0 Å². The Hall–Kier alpha value is -1.42. The van der Waals surface area contributed by atoms with Gasteiger partial charge in [-0.05, 0) is 29.7 Å². The van der Waals surface area contributed by atoms with Crippen molar-refractivity contribution in [3.8, 4) is 0 Å². The van der Waals surface area contributed by atoms with Crippen LogP contribution < -0.4 is 11.1 Å². The van der Waals surface area contributed by atoms with Gasteiger partial charge in [0, 0.05) is 30.8 Å². The number of nitrogens with zero attached hydrogens (tertiary/aromatic N) is 1. The van der Waals surface area contributed by atoms with E-state index in [9.17, 15) is 4.79 Å². The number of hydrogen-bond acceptors (Lipinski definition) is 3. The number of carbonyl (C=O) groups excluding carboxylic acids is 1. The minimum absolute atomic E-state index is 0.0533. The van der Waals surface area contributed by atoms with Crippen molar-refractivity contribution in [2.24, 2.45) is 11.1 Å². The van der Waals surface area contributed by atoms with Gasteiger partial charge in [-0.2, -0.15) is 0 Å². The molecule has 0 atom stereocenters. The number of rotatable bonds is 6. The lowest BCUT2D eigenvalue weighted by atomic mass is 9.84. The van der Waals surface area contributed by atoms with Crippen molar-refractivity contribution >= 4 is 5.91 Å². The van der Waals surface area contributed by atoms with Crippen LogP contribution >= 0.6 is 0 Å². The van der Waals surface area contributed by atoms with Crippen LogP contribution in [0.4, 0.5) is 0 Å². The van der Waals surface area contributed by atoms with E-state index in [4.69, 9.17) is 5.73 Å². The quantitative estimate of drug-likeness (QED) is 0.823. The van der Waals surface area contributed by atoms with E-state index in [1.165, 1.54) is 5.56 Å². The predicted octanol–water partition coefficient (Wildman–Crippen LogP) is 1.85. The molecule has 0 aliphatic carbocycles. The van der Waals surface area contributed by atoms with E-state index in [1.54, 1.807) is 12.4 Å². The standard InChI is InChI=1S/C15H25N3O/c1-14(2,10-16)9-13(19)18-11-15(3,4)12-5-7-17-8-6-12/h5-8H,9-11,16H2,1-4H3,(H,18,19). The molecule has 0 saturated carbocycles. The van der Waals surface area contributed by atoms with E-state index in [0.29, 0.717) is 19.5 Å². The summed E-state index contributed by atoms with van der Waals surface area (Å²) in [5.41, 5.74) is 6.55. The molecule has 4 heteroatoms. The maximum absolute atomic E-state index is 11.9. The van der Waals surface area contributed by atoms with Crippen molar-refractivity contribution in [3.05, 3.63) is 30.1 Å². The molecule has 0 aromatic carbocycles. The van der Waals surface area contributed by atoms with Crippen molar-refractivity contribution in [2.75, 3.05) is 13.1 Å². The molecule has 0 aliphatic heterocycles. The van der Waals surface area contributed by atoms with E-state index in [0.717, 1.165) is 0 Å². The monoisotopic (exact) mass is 263 g/mol. The third-order valence-electron chi connectivity index (χ3n) is 3.38. The number of nitrogens with two attached hydrogens (primary N) is 1. The molecule has 19 heavy (non-hydrogen) atoms.